The normalized spacial score (nSPS) is 18.3. The molecule has 0 aliphatic heterocycles. The third-order valence-corrected chi connectivity index (χ3v) is 7.46. The summed E-state index contributed by atoms with van der Waals surface area (Å²) in [7, 11) is 0. The van der Waals surface area contributed by atoms with Crippen molar-refractivity contribution in [1.29, 1.82) is 0 Å². The summed E-state index contributed by atoms with van der Waals surface area (Å²) >= 11 is 0. The maximum absolute atomic E-state index is 12.6. The van der Waals surface area contributed by atoms with Gasteiger partial charge in [-0.3, -0.25) is 4.79 Å². The molecule has 0 spiro atoms. The second-order valence-corrected chi connectivity index (χ2v) is 10.6. The van der Waals surface area contributed by atoms with Crippen LogP contribution < -0.4 is 16.2 Å². The number of carbonyl (C=O) groups is 2. The summed E-state index contributed by atoms with van der Waals surface area (Å²) in [4.78, 5) is 25.0. The molecular weight excluding hydrogens is 476 g/mol. The first-order chi connectivity index (χ1) is 18.4. The van der Waals surface area contributed by atoms with E-state index in [-0.39, 0.29) is 24.4 Å². The van der Waals surface area contributed by atoms with Crippen molar-refractivity contribution in [1.82, 2.24) is 0 Å². The lowest BCUT2D eigenvalue weighted by Gasteiger charge is -2.27. The number of carbonyl (C=O) groups excluding carboxylic acids is 2. The van der Waals surface area contributed by atoms with Crippen molar-refractivity contribution in [2.75, 3.05) is 18.1 Å². The molecule has 1 atom stereocenters. The van der Waals surface area contributed by atoms with Crippen LogP contribution in [0.1, 0.15) is 95.1 Å². The summed E-state index contributed by atoms with van der Waals surface area (Å²) in [5.41, 5.74) is 15.0. The Labute approximate surface area is 227 Å². The molecule has 0 radical (unpaired) electrons. The maximum atomic E-state index is 12.6. The van der Waals surface area contributed by atoms with E-state index in [0.717, 1.165) is 62.0 Å². The maximum Gasteiger partial charge on any atom is 0.330 e. The van der Waals surface area contributed by atoms with Crippen LogP contribution in [0, 0.1) is 11.8 Å². The highest BCUT2D eigenvalue weighted by atomic mass is 16.5. The number of nitrogen functional groups attached to an aromatic ring is 2. The molecule has 0 bridgehead atoms. The van der Waals surface area contributed by atoms with Gasteiger partial charge in [0, 0.05) is 23.4 Å². The molecule has 6 nitrogen and oxygen atoms in total. The van der Waals surface area contributed by atoms with E-state index in [1.165, 1.54) is 25.3 Å². The van der Waals surface area contributed by atoms with Crippen LogP contribution in [0.3, 0.4) is 0 Å². The molecule has 4 N–H and O–H groups in total. The van der Waals surface area contributed by atoms with Gasteiger partial charge in [-0.25, -0.2) is 4.79 Å². The molecule has 6 heteroatoms. The van der Waals surface area contributed by atoms with E-state index in [1.54, 1.807) is 24.3 Å². The lowest BCUT2D eigenvalue weighted by Crippen LogP contribution is -2.25. The molecule has 1 saturated carbocycles. The second-order valence-electron chi connectivity index (χ2n) is 10.6. The molecule has 206 valence electrons. The Morgan fingerprint density at radius 1 is 0.947 bits per heavy atom. The SMILES string of the molecule is CCCCC1CCC(C(=O)Oc2ccc(C=CC(=O)OCC(CCCC)c3cc(N)cc(N)c3)cc2)CC1. The highest BCUT2D eigenvalue weighted by Crippen LogP contribution is 2.33. The average molecular weight is 521 g/mol. The third-order valence-electron chi connectivity index (χ3n) is 7.46. The van der Waals surface area contributed by atoms with Gasteiger partial charge < -0.3 is 20.9 Å². The van der Waals surface area contributed by atoms with E-state index in [0.29, 0.717) is 17.1 Å². The Kier molecular flexibility index (Phi) is 11.7. The first-order valence-electron chi connectivity index (χ1n) is 14.2. The quantitative estimate of drug-likeness (QED) is 0.124. The summed E-state index contributed by atoms with van der Waals surface area (Å²) in [6, 6.07) is 12.7. The topological polar surface area (TPSA) is 105 Å². The molecule has 2 aromatic rings. The lowest BCUT2D eigenvalue weighted by molar-refractivity contribution is -0.140. The van der Waals surface area contributed by atoms with Gasteiger partial charge in [0.2, 0.25) is 0 Å². The van der Waals surface area contributed by atoms with Crippen LogP contribution in [0.4, 0.5) is 11.4 Å². The van der Waals surface area contributed by atoms with Crippen LogP contribution >= 0.6 is 0 Å². The molecule has 1 unspecified atom stereocenters. The van der Waals surface area contributed by atoms with E-state index in [2.05, 4.69) is 13.8 Å². The Hall–Kier alpha value is -3.28. The summed E-state index contributed by atoms with van der Waals surface area (Å²) in [5.74, 6) is 0.780. The largest absolute Gasteiger partial charge is 0.462 e. The first kappa shape index (κ1) is 29.3. The van der Waals surface area contributed by atoms with E-state index >= 15 is 0 Å². The summed E-state index contributed by atoms with van der Waals surface area (Å²) in [6.45, 7) is 4.62. The predicted octanol–water partition coefficient (Wildman–Crippen LogP) is 7.28. The number of esters is 2. The highest BCUT2D eigenvalue weighted by Gasteiger charge is 2.27. The van der Waals surface area contributed by atoms with Crippen molar-refractivity contribution < 1.29 is 19.1 Å². The average Bonchev–Trinajstić information content (AvgIpc) is 2.91. The van der Waals surface area contributed by atoms with Gasteiger partial charge in [-0.15, -0.1) is 0 Å². The van der Waals surface area contributed by atoms with E-state index in [4.69, 9.17) is 20.9 Å². The van der Waals surface area contributed by atoms with Crippen LogP contribution in [-0.2, 0) is 14.3 Å². The van der Waals surface area contributed by atoms with Crippen LogP contribution in [0.25, 0.3) is 6.08 Å². The number of hydrogen-bond acceptors (Lipinski definition) is 6. The molecule has 0 amide bonds. The molecule has 1 aliphatic rings. The molecule has 0 saturated heterocycles. The van der Waals surface area contributed by atoms with Crippen LogP contribution in [0.15, 0.2) is 48.5 Å². The van der Waals surface area contributed by atoms with Crippen LogP contribution in [-0.4, -0.2) is 18.5 Å². The van der Waals surface area contributed by atoms with Gasteiger partial charge in [-0.05, 0) is 85.6 Å². The fourth-order valence-electron chi connectivity index (χ4n) is 5.16. The number of anilines is 2. The Bertz CT molecular complexity index is 1040. The lowest BCUT2D eigenvalue weighted by atomic mass is 9.80. The second kappa shape index (κ2) is 15.2. The van der Waals surface area contributed by atoms with Crippen molar-refractivity contribution in [3.63, 3.8) is 0 Å². The standard InChI is InChI=1S/C32H44N2O4/c1-3-5-7-23-9-14-25(15-10-23)32(36)38-30-16-11-24(12-17-30)13-18-31(35)37-22-26(8-6-4-2)27-19-28(33)21-29(34)20-27/h11-13,16-21,23,25-26H,3-10,14-15,22,33-34H2,1-2H3. The number of unbranched alkanes of at least 4 members (excludes halogenated alkanes) is 2. The minimum absolute atomic E-state index is 0.00728. The van der Waals surface area contributed by atoms with E-state index in [1.807, 2.05) is 24.3 Å². The fraction of sp³-hybridized carbons (Fsp3) is 0.500. The molecule has 38 heavy (non-hydrogen) atoms. The van der Waals surface area contributed by atoms with Gasteiger partial charge in [-0.1, -0.05) is 58.1 Å². The Morgan fingerprint density at radius 3 is 2.24 bits per heavy atom. The summed E-state index contributed by atoms with van der Waals surface area (Å²) in [5, 5.41) is 0. The Morgan fingerprint density at radius 2 is 1.61 bits per heavy atom. The van der Waals surface area contributed by atoms with Gasteiger partial charge in [0.05, 0.1) is 12.5 Å². The molecule has 0 heterocycles. The minimum atomic E-state index is -0.409. The third kappa shape index (κ3) is 9.55. The van der Waals surface area contributed by atoms with Crippen molar-refractivity contribution in [3.8, 4) is 5.75 Å². The van der Waals surface area contributed by atoms with Crippen molar-refractivity contribution in [2.45, 2.75) is 84.0 Å². The summed E-state index contributed by atoms with van der Waals surface area (Å²) < 4.78 is 11.2. The number of rotatable bonds is 13. The number of benzene rings is 2. The molecule has 1 fully saturated rings. The van der Waals surface area contributed by atoms with Crippen molar-refractivity contribution >= 4 is 29.4 Å². The van der Waals surface area contributed by atoms with Gasteiger partial charge in [0.25, 0.3) is 0 Å². The zero-order valence-corrected chi connectivity index (χ0v) is 23.0. The zero-order valence-electron chi connectivity index (χ0n) is 23.0. The predicted molar refractivity (Wildman–Crippen MR) is 155 cm³/mol. The number of ether oxygens (including phenoxy) is 2. The monoisotopic (exact) mass is 520 g/mol. The van der Waals surface area contributed by atoms with E-state index < -0.39 is 5.97 Å². The number of hydrogen-bond donors (Lipinski definition) is 2. The highest BCUT2D eigenvalue weighted by molar-refractivity contribution is 5.87. The van der Waals surface area contributed by atoms with Crippen LogP contribution in [0.2, 0.25) is 0 Å². The number of nitrogens with two attached hydrogens (primary N) is 2. The van der Waals surface area contributed by atoms with Gasteiger partial charge in [0.15, 0.2) is 0 Å². The molecule has 2 aromatic carbocycles. The first-order valence-corrected chi connectivity index (χ1v) is 14.2. The minimum Gasteiger partial charge on any atom is -0.462 e. The molecule has 3 rings (SSSR count). The van der Waals surface area contributed by atoms with E-state index in [9.17, 15) is 9.59 Å². The van der Waals surface area contributed by atoms with Gasteiger partial charge >= 0.3 is 11.9 Å². The fourth-order valence-corrected chi connectivity index (χ4v) is 5.16. The van der Waals surface area contributed by atoms with Gasteiger partial charge in [-0.2, -0.15) is 0 Å². The van der Waals surface area contributed by atoms with Crippen molar-refractivity contribution in [2.24, 2.45) is 11.8 Å². The zero-order chi connectivity index (χ0) is 27.3. The molecule has 1 aliphatic carbocycles. The molecule has 0 aromatic heterocycles. The molecular formula is C32H44N2O4. The summed E-state index contributed by atoms with van der Waals surface area (Å²) in [6.07, 6.45) is 13.9. The smallest absolute Gasteiger partial charge is 0.330 e. The van der Waals surface area contributed by atoms with Gasteiger partial charge in [0.1, 0.15) is 5.75 Å². The van der Waals surface area contributed by atoms with Crippen molar-refractivity contribution in [3.05, 3.63) is 59.7 Å². The Balaban J connectivity index is 1.47. The van der Waals surface area contributed by atoms with Crippen LogP contribution in [0.5, 0.6) is 5.75 Å².